The molecule has 1 rings (SSSR count). The number of amides is 1. The number of anilines is 1. The molecule has 0 aliphatic rings. The third kappa shape index (κ3) is 3.61. The maximum Gasteiger partial charge on any atom is 0.338 e. The predicted molar refractivity (Wildman–Crippen MR) is 59.8 cm³/mol. The molecule has 5 nitrogen and oxygen atoms in total. The molecular formula is C11H14N2O3. The number of nitrogens with one attached hydrogen (secondary N) is 2. The number of hydrogen-bond donors (Lipinski definition) is 2. The van der Waals surface area contributed by atoms with E-state index in [1.807, 2.05) is 0 Å². The molecule has 86 valence electrons. The Labute approximate surface area is 93.8 Å². The first-order valence-corrected chi connectivity index (χ1v) is 4.93. The monoisotopic (exact) mass is 222 g/mol. The molecule has 16 heavy (non-hydrogen) atoms. The van der Waals surface area contributed by atoms with Crippen LogP contribution in [0.3, 0.4) is 0 Å². The number of rotatable bonds is 4. The van der Waals surface area contributed by atoms with Crippen molar-refractivity contribution in [2.75, 3.05) is 12.0 Å². The van der Waals surface area contributed by atoms with Gasteiger partial charge in [-0.05, 0) is 31.2 Å². The summed E-state index contributed by atoms with van der Waals surface area (Å²) in [6.45, 7) is 3.51. The van der Waals surface area contributed by atoms with Crippen LogP contribution in [0.1, 0.15) is 24.2 Å². The highest BCUT2D eigenvalue weighted by Crippen LogP contribution is 2.09. The van der Waals surface area contributed by atoms with Crippen LogP contribution in [0, 0.1) is 0 Å². The molecule has 0 aliphatic heterocycles. The number of hydrazine groups is 1. The number of carbonyl (C=O) groups excluding carboxylic acids is 2. The van der Waals surface area contributed by atoms with Crippen LogP contribution in [0.15, 0.2) is 24.3 Å². The van der Waals surface area contributed by atoms with E-state index in [1.54, 1.807) is 31.2 Å². The van der Waals surface area contributed by atoms with Crippen molar-refractivity contribution in [1.29, 1.82) is 0 Å². The first-order valence-electron chi connectivity index (χ1n) is 4.93. The fraction of sp³-hybridized carbons (Fsp3) is 0.273. The van der Waals surface area contributed by atoms with Gasteiger partial charge in [0.2, 0.25) is 5.91 Å². The van der Waals surface area contributed by atoms with E-state index in [-0.39, 0.29) is 11.9 Å². The zero-order valence-electron chi connectivity index (χ0n) is 9.24. The van der Waals surface area contributed by atoms with E-state index < -0.39 is 0 Å². The molecule has 0 spiro atoms. The Bertz CT molecular complexity index is 373. The van der Waals surface area contributed by atoms with E-state index >= 15 is 0 Å². The van der Waals surface area contributed by atoms with Gasteiger partial charge in [-0.15, -0.1) is 0 Å². The van der Waals surface area contributed by atoms with Crippen LogP contribution in [0.4, 0.5) is 5.69 Å². The Kier molecular flexibility index (Phi) is 4.32. The number of hydrogen-bond acceptors (Lipinski definition) is 4. The third-order valence-corrected chi connectivity index (χ3v) is 1.78. The molecule has 0 aromatic heterocycles. The summed E-state index contributed by atoms with van der Waals surface area (Å²) >= 11 is 0. The van der Waals surface area contributed by atoms with E-state index in [4.69, 9.17) is 4.74 Å². The van der Waals surface area contributed by atoms with Crippen molar-refractivity contribution < 1.29 is 14.3 Å². The average molecular weight is 222 g/mol. The standard InChI is InChI=1S/C11H14N2O3/c1-3-16-11(15)9-4-6-10(7-5-9)13-12-8(2)14/h4-7,13H,3H2,1-2H3,(H,12,14). The van der Waals surface area contributed by atoms with Crippen LogP contribution in [0.5, 0.6) is 0 Å². The van der Waals surface area contributed by atoms with E-state index in [1.165, 1.54) is 6.92 Å². The Hall–Kier alpha value is -2.04. The van der Waals surface area contributed by atoms with Crippen LogP contribution in [0.2, 0.25) is 0 Å². The zero-order chi connectivity index (χ0) is 12.0. The Balaban J connectivity index is 2.60. The normalized spacial score (nSPS) is 9.38. The zero-order valence-corrected chi connectivity index (χ0v) is 9.24. The summed E-state index contributed by atoms with van der Waals surface area (Å²) in [6, 6.07) is 6.62. The molecule has 1 aromatic rings. The van der Waals surface area contributed by atoms with E-state index in [2.05, 4.69) is 10.9 Å². The minimum absolute atomic E-state index is 0.186. The molecule has 0 unspecified atom stereocenters. The van der Waals surface area contributed by atoms with Crippen LogP contribution >= 0.6 is 0 Å². The van der Waals surface area contributed by atoms with E-state index in [0.717, 1.165) is 0 Å². The van der Waals surface area contributed by atoms with E-state index in [0.29, 0.717) is 17.9 Å². The minimum atomic E-state index is -0.353. The molecule has 0 heterocycles. The quantitative estimate of drug-likeness (QED) is 0.595. The molecule has 0 aliphatic carbocycles. The Morgan fingerprint density at radius 1 is 1.25 bits per heavy atom. The van der Waals surface area contributed by atoms with Gasteiger partial charge in [0.1, 0.15) is 0 Å². The molecule has 0 saturated carbocycles. The lowest BCUT2D eigenvalue weighted by molar-refractivity contribution is -0.118. The lowest BCUT2D eigenvalue weighted by atomic mass is 10.2. The molecule has 0 radical (unpaired) electrons. The van der Waals surface area contributed by atoms with Crippen LogP contribution in [-0.4, -0.2) is 18.5 Å². The SMILES string of the molecule is CCOC(=O)c1ccc(NNC(C)=O)cc1. The first-order chi connectivity index (χ1) is 7.63. The van der Waals surface area contributed by atoms with Gasteiger partial charge < -0.3 is 4.74 Å². The molecule has 0 saturated heterocycles. The van der Waals surface area contributed by atoms with Gasteiger partial charge in [-0.25, -0.2) is 4.79 Å². The molecular weight excluding hydrogens is 208 g/mol. The number of carbonyl (C=O) groups is 2. The maximum absolute atomic E-state index is 11.3. The van der Waals surface area contributed by atoms with Crippen molar-refractivity contribution in [3.05, 3.63) is 29.8 Å². The maximum atomic E-state index is 11.3. The lowest BCUT2D eigenvalue weighted by Gasteiger charge is -2.07. The van der Waals surface area contributed by atoms with Gasteiger partial charge in [0.25, 0.3) is 0 Å². The third-order valence-electron chi connectivity index (χ3n) is 1.78. The smallest absolute Gasteiger partial charge is 0.338 e. The Morgan fingerprint density at radius 3 is 2.38 bits per heavy atom. The summed E-state index contributed by atoms with van der Waals surface area (Å²) in [7, 11) is 0. The van der Waals surface area contributed by atoms with Crippen molar-refractivity contribution in [3.63, 3.8) is 0 Å². The van der Waals surface area contributed by atoms with Crippen LogP contribution in [-0.2, 0) is 9.53 Å². The molecule has 5 heteroatoms. The second-order valence-corrected chi connectivity index (χ2v) is 3.10. The minimum Gasteiger partial charge on any atom is -0.462 e. The summed E-state index contributed by atoms with van der Waals surface area (Å²) in [6.07, 6.45) is 0. The van der Waals surface area contributed by atoms with Gasteiger partial charge >= 0.3 is 5.97 Å². The molecule has 0 fully saturated rings. The summed E-state index contributed by atoms with van der Waals surface area (Å²) in [4.78, 5) is 21.9. The summed E-state index contributed by atoms with van der Waals surface area (Å²) in [5.74, 6) is -0.539. The number of ether oxygens (including phenoxy) is 1. The highest BCUT2D eigenvalue weighted by molar-refractivity contribution is 5.89. The van der Waals surface area contributed by atoms with Crippen molar-refractivity contribution >= 4 is 17.6 Å². The molecule has 1 amide bonds. The second-order valence-electron chi connectivity index (χ2n) is 3.10. The van der Waals surface area contributed by atoms with Crippen LogP contribution < -0.4 is 10.9 Å². The van der Waals surface area contributed by atoms with Gasteiger partial charge in [0.05, 0.1) is 17.9 Å². The van der Waals surface area contributed by atoms with Gasteiger partial charge in [-0.3, -0.25) is 15.6 Å². The summed E-state index contributed by atoms with van der Waals surface area (Å²) < 4.78 is 4.84. The fourth-order valence-corrected chi connectivity index (χ4v) is 1.06. The first kappa shape index (κ1) is 12.0. The van der Waals surface area contributed by atoms with Gasteiger partial charge in [-0.2, -0.15) is 0 Å². The molecule has 0 atom stereocenters. The fourth-order valence-electron chi connectivity index (χ4n) is 1.06. The molecule has 2 N–H and O–H groups in total. The van der Waals surface area contributed by atoms with Crippen molar-refractivity contribution in [3.8, 4) is 0 Å². The molecule has 0 bridgehead atoms. The highest BCUT2D eigenvalue weighted by Gasteiger charge is 2.05. The van der Waals surface area contributed by atoms with Crippen molar-refractivity contribution in [2.45, 2.75) is 13.8 Å². The van der Waals surface area contributed by atoms with Crippen molar-refractivity contribution in [2.24, 2.45) is 0 Å². The van der Waals surface area contributed by atoms with Crippen LogP contribution in [0.25, 0.3) is 0 Å². The Morgan fingerprint density at radius 2 is 1.88 bits per heavy atom. The van der Waals surface area contributed by atoms with Gasteiger partial charge in [0, 0.05) is 6.92 Å². The predicted octanol–water partition coefficient (Wildman–Crippen LogP) is 1.33. The average Bonchev–Trinajstić information content (AvgIpc) is 2.27. The second kappa shape index (κ2) is 5.75. The van der Waals surface area contributed by atoms with Gasteiger partial charge in [0.15, 0.2) is 0 Å². The summed E-state index contributed by atoms with van der Waals surface area (Å²) in [5.41, 5.74) is 6.30. The lowest BCUT2D eigenvalue weighted by Crippen LogP contribution is -2.26. The molecule has 1 aromatic carbocycles. The van der Waals surface area contributed by atoms with Crippen molar-refractivity contribution in [1.82, 2.24) is 5.43 Å². The van der Waals surface area contributed by atoms with E-state index in [9.17, 15) is 9.59 Å². The number of benzene rings is 1. The summed E-state index contributed by atoms with van der Waals surface area (Å²) in [5, 5.41) is 0. The topological polar surface area (TPSA) is 67.4 Å². The van der Waals surface area contributed by atoms with Gasteiger partial charge in [-0.1, -0.05) is 0 Å². The highest BCUT2D eigenvalue weighted by atomic mass is 16.5. The number of esters is 1. The largest absolute Gasteiger partial charge is 0.462 e.